The summed E-state index contributed by atoms with van der Waals surface area (Å²) in [5.74, 6) is 1.69. The van der Waals surface area contributed by atoms with E-state index in [2.05, 4.69) is 102 Å². The van der Waals surface area contributed by atoms with Gasteiger partial charge in [-0.2, -0.15) is 0 Å². The van der Waals surface area contributed by atoms with Gasteiger partial charge in [-0.05, 0) is 74.6 Å². The molecule has 1 aliphatic rings. The van der Waals surface area contributed by atoms with Crippen molar-refractivity contribution in [3.05, 3.63) is 140 Å². The number of benzene rings is 5. The van der Waals surface area contributed by atoms with Gasteiger partial charge < -0.3 is 20.1 Å². The van der Waals surface area contributed by atoms with Crippen molar-refractivity contribution in [1.29, 1.82) is 0 Å². The Morgan fingerprint density at radius 2 is 0.915 bits per heavy atom. The minimum atomic E-state index is -2.02. The third-order valence-electron chi connectivity index (χ3n) is 8.75. The predicted octanol–water partition coefficient (Wildman–Crippen LogP) is 9.34. The first-order valence-corrected chi connectivity index (χ1v) is 19.3. The summed E-state index contributed by atoms with van der Waals surface area (Å²) in [6, 6.07) is 49.5. The van der Waals surface area contributed by atoms with Gasteiger partial charge in [0.25, 0.3) is 0 Å². The fourth-order valence-corrected chi connectivity index (χ4v) is 12.8. The summed E-state index contributed by atoms with van der Waals surface area (Å²) in [6.07, 6.45) is 6.90. The number of anilines is 2. The van der Waals surface area contributed by atoms with Gasteiger partial charge in [0, 0.05) is 11.4 Å². The molecule has 5 aromatic rings. The zero-order valence-corrected chi connectivity index (χ0v) is 29.3. The van der Waals surface area contributed by atoms with E-state index in [9.17, 15) is 0 Å². The molecule has 0 aromatic heterocycles. The van der Waals surface area contributed by atoms with E-state index in [1.165, 1.54) is 32.1 Å². The van der Waals surface area contributed by atoms with Gasteiger partial charge in [0.05, 0.1) is 13.2 Å². The Bertz CT molecular complexity index is 1480. The van der Waals surface area contributed by atoms with Gasteiger partial charge in [-0.1, -0.05) is 0 Å². The summed E-state index contributed by atoms with van der Waals surface area (Å²) in [6.45, 7) is 5.24. The molecule has 6 heteroatoms. The van der Waals surface area contributed by atoms with Gasteiger partial charge in [-0.15, -0.1) is 0 Å². The maximum atomic E-state index is 5.40. The number of nitrogens with one attached hydrogen (secondary N) is 2. The van der Waals surface area contributed by atoms with Crippen LogP contribution in [0.25, 0.3) is 0 Å². The molecule has 2 N–H and O–H groups in total. The fourth-order valence-electron chi connectivity index (χ4n) is 6.74. The van der Waals surface area contributed by atoms with Crippen molar-refractivity contribution < 1.29 is 9.47 Å². The van der Waals surface area contributed by atoms with E-state index in [-0.39, 0.29) is 0 Å². The summed E-state index contributed by atoms with van der Waals surface area (Å²) >= 11 is 5.30. The van der Waals surface area contributed by atoms with Crippen molar-refractivity contribution in [1.82, 2.24) is 0 Å². The van der Waals surface area contributed by atoms with E-state index >= 15 is 0 Å². The Morgan fingerprint density at radius 1 is 0.553 bits per heavy atom. The van der Waals surface area contributed by atoms with Crippen molar-refractivity contribution >= 4 is 51.9 Å². The quantitative estimate of drug-likeness (QED) is 0.115. The second-order valence-electron chi connectivity index (χ2n) is 11.7. The Kier molecular flexibility index (Phi) is 12.8. The second-order valence-corrected chi connectivity index (χ2v) is 16.3. The monoisotopic (exact) mass is 662 g/mol. The second kappa shape index (κ2) is 17.7. The van der Waals surface area contributed by atoms with E-state index in [0.717, 1.165) is 28.5 Å². The topological polar surface area (TPSA) is 42.5 Å². The molecular formula is C41H47N2O2PS. The number of hydrogen-bond acceptors (Lipinski definition) is 3. The van der Waals surface area contributed by atoms with Crippen molar-refractivity contribution in [2.24, 2.45) is 0 Å². The van der Waals surface area contributed by atoms with Gasteiger partial charge >= 0.3 is 152 Å². The van der Waals surface area contributed by atoms with Crippen molar-refractivity contribution in [2.75, 3.05) is 23.8 Å². The molecule has 5 aromatic carbocycles. The van der Waals surface area contributed by atoms with Crippen LogP contribution in [0.2, 0.25) is 0 Å². The van der Waals surface area contributed by atoms with Gasteiger partial charge in [-0.25, -0.2) is 0 Å². The zero-order valence-electron chi connectivity index (χ0n) is 27.5. The normalized spacial score (nSPS) is 13.4. The molecule has 0 amide bonds. The average molecular weight is 663 g/mol. The van der Waals surface area contributed by atoms with Crippen LogP contribution >= 0.6 is 19.5 Å². The molecule has 0 spiro atoms. The van der Waals surface area contributed by atoms with Crippen LogP contribution in [-0.4, -0.2) is 24.0 Å². The zero-order chi connectivity index (χ0) is 32.7. The van der Waals surface area contributed by atoms with Crippen molar-refractivity contribution in [2.45, 2.75) is 51.6 Å². The molecule has 1 fully saturated rings. The summed E-state index contributed by atoms with van der Waals surface area (Å²) in [5.41, 5.74) is 2.60. The van der Waals surface area contributed by atoms with Crippen LogP contribution in [0.5, 0.6) is 11.5 Å². The third-order valence-corrected chi connectivity index (χ3v) is 14.5. The molecule has 0 unspecified atom stereocenters. The molecule has 244 valence electrons. The summed E-state index contributed by atoms with van der Waals surface area (Å²) in [5, 5.41) is 11.5. The molecule has 6 rings (SSSR count). The average Bonchev–Trinajstić information content (AvgIpc) is 3.13. The number of rotatable bonds is 10. The van der Waals surface area contributed by atoms with Gasteiger partial charge in [0.2, 0.25) is 0 Å². The molecule has 0 bridgehead atoms. The standard InChI is InChI=1S/C24H27P.C17H20N2O2S/c1-5-13-21(14-6-1)25(22-15-7-2-8-16-22,23-17-9-3-10-18-23)24-19-11-4-12-20-24;1-3-20-15-9-5-13(6-10-15)18-17(22)19-14-7-11-16(12-8-14)21-4-2/h1-3,5-10,13-18,24-25H,4,11-12,19-20H2;5-12H,3-4H2,1-2H3,(H2,18,19,22). The van der Waals surface area contributed by atoms with E-state index < -0.39 is 7.26 Å². The predicted molar refractivity (Wildman–Crippen MR) is 208 cm³/mol. The van der Waals surface area contributed by atoms with Crippen LogP contribution in [0.4, 0.5) is 11.4 Å². The number of thiocarbonyl (C=S) groups is 1. The first kappa shape index (κ1) is 34.2. The van der Waals surface area contributed by atoms with Crippen LogP contribution in [-0.2, 0) is 0 Å². The molecule has 4 nitrogen and oxygen atoms in total. The number of ether oxygens (including phenoxy) is 2. The summed E-state index contributed by atoms with van der Waals surface area (Å²) in [7, 11) is -2.02. The Morgan fingerprint density at radius 3 is 1.26 bits per heavy atom. The van der Waals surface area contributed by atoms with Crippen molar-refractivity contribution in [3.63, 3.8) is 0 Å². The van der Waals surface area contributed by atoms with E-state index in [0.29, 0.717) is 18.3 Å². The van der Waals surface area contributed by atoms with Crippen LogP contribution in [0.3, 0.4) is 0 Å². The molecule has 0 heterocycles. The molecule has 0 radical (unpaired) electrons. The molecule has 0 saturated heterocycles. The SMILES string of the molecule is CCOc1ccc(NC(=S)Nc2ccc(OCC)cc2)cc1.c1ccc([PH](c2ccccc2)(c2ccccc2)C2CCCCC2)cc1. The molecule has 0 aliphatic heterocycles. The first-order chi connectivity index (χ1) is 23.1. The van der Waals surface area contributed by atoms with Crippen LogP contribution in [0.15, 0.2) is 140 Å². The Balaban J connectivity index is 0.000000186. The summed E-state index contributed by atoms with van der Waals surface area (Å²) in [4.78, 5) is 0. The van der Waals surface area contributed by atoms with Crippen LogP contribution in [0, 0.1) is 0 Å². The fraction of sp³-hybridized carbons (Fsp3) is 0.244. The van der Waals surface area contributed by atoms with E-state index in [4.69, 9.17) is 21.7 Å². The number of hydrogen-bond donors (Lipinski definition) is 2. The van der Waals surface area contributed by atoms with Crippen LogP contribution < -0.4 is 36.0 Å². The van der Waals surface area contributed by atoms with Gasteiger partial charge in [0.1, 0.15) is 11.5 Å². The first-order valence-electron chi connectivity index (χ1n) is 16.8. The third kappa shape index (κ3) is 9.00. The Labute approximate surface area is 286 Å². The van der Waals surface area contributed by atoms with Crippen LogP contribution in [0.1, 0.15) is 46.0 Å². The van der Waals surface area contributed by atoms with Crippen molar-refractivity contribution in [3.8, 4) is 11.5 Å². The molecule has 1 saturated carbocycles. The minimum absolute atomic E-state index is 0.535. The summed E-state index contributed by atoms with van der Waals surface area (Å²) < 4.78 is 10.8. The Hall–Kier alpha value is -4.18. The molecule has 1 aliphatic carbocycles. The van der Waals surface area contributed by atoms with E-state index in [1.807, 2.05) is 62.4 Å². The molecule has 0 atom stereocenters. The maximum absolute atomic E-state index is 5.40. The molecule has 47 heavy (non-hydrogen) atoms. The van der Waals surface area contributed by atoms with Gasteiger partial charge in [-0.3, -0.25) is 0 Å². The van der Waals surface area contributed by atoms with Gasteiger partial charge in [0.15, 0.2) is 5.11 Å². The molecular weight excluding hydrogens is 616 g/mol. The van der Waals surface area contributed by atoms with E-state index in [1.54, 1.807) is 15.9 Å².